The second kappa shape index (κ2) is 7.99. The van der Waals surface area contributed by atoms with Crippen molar-refractivity contribution in [2.75, 3.05) is 11.5 Å². The zero-order valence-electron chi connectivity index (χ0n) is 12.1. The average Bonchev–Trinajstić information content (AvgIpc) is 2.69. The highest BCUT2D eigenvalue weighted by molar-refractivity contribution is 7.99. The van der Waals surface area contributed by atoms with Crippen molar-refractivity contribution >= 4 is 23.6 Å². The summed E-state index contributed by atoms with van der Waals surface area (Å²) in [4.78, 5) is 23.0. The molecule has 6 heteroatoms. The van der Waals surface area contributed by atoms with E-state index in [0.29, 0.717) is 11.1 Å². The van der Waals surface area contributed by atoms with Crippen LogP contribution in [0.25, 0.3) is 0 Å². The number of carbonyl (C=O) groups is 2. The number of aliphatic carboxylic acids is 1. The summed E-state index contributed by atoms with van der Waals surface area (Å²) in [7, 11) is 0. The molecule has 0 radical (unpaired) electrons. The van der Waals surface area contributed by atoms with Crippen LogP contribution < -0.4 is 5.32 Å². The Hall–Kier alpha value is -1.43. The van der Waals surface area contributed by atoms with Crippen LogP contribution in [0, 0.1) is 6.92 Å². The van der Waals surface area contributed by atoms with E-state index in [9.17, 15) is 9.59 Å². The number of rotatable bonds is 8. The highest BCUT2D eigenvalue weighted by atomic mass is 32.2. The van der Waals surface area contributed by atoms with Gasteiger partial charge in [0.05, 0.1) is 11.8 Å². The molecular formula is C14H21NO4S. The summed E-state index contributed by atoms with van der Waals surface area (Å²) in [5, 5.41) is 11.7. The molecule has 0 saturated carbocycles. The van der Waals surface area contributed by atoms with Gasteiger partial charge in [-0.2, -0.15) is 11.8 Å². The van der Waals surface area contributed by atoms with E-state index in [0.717, 1.165) is 17.9 Å². The Morgan fingerprint density at radius 3 is 2.80 bits per heavy atom. The van der Waals surface area contributed by atoms with Crippen LogP contribution in [0.4, 0.5) is 0 Å². The van der Waals surface area contributed by atoms with Crippen molar-refractivity contribution in [3.63, 3.8) is 0 Å². The molecular weight excluding hydrogens is 278 g/mol. The molecule has 1 aromatic rings. The Bertz CT molecular complexity index is 470. The van der Waals surface area contributed by atoms with Crippen LogP contribution in [0.5, 0.6) is 0 Å². The fraction of sp³-hybridized carbons (Fsp3) is 0.571. The lowest BCUT2D eigenvalue weighted by molar-refractivity contribution is -0.136. The maximum atomic E-state index is 12.2. The summed E-state index contributed by atoms with van der Waals surface area (Å²) in [6.45, 7) is 5.78. The van der Waals surface area contributed by atoms with E-state index in [-0.39, 0.29) is 24.1 Å². The fourth-order valence-corrected chi connectivity index (χ4v) is 2.65. The lowest BCUT2D eigenvalue weighted by Crippen LogP contribution is -2.33. The van der Waals surface area contributed by atoms with Crippen LogP contribution >= 0.6 is 11.8 Å². The lowest BCUT2D eigenvalue weighted by atomic mass is 10.1. The summed E-state index contributed by atoms with van der Waals surface area (Å²) in [6.07, 6.45) is 2.02. The van der Waals surface area contributed by atoms with E-state index in [1.54, 1.807) is 6.92 Å². The van der Waals surface area contributed by atoms with E-state index in [1.165, 1.54) is 6.26 Å². The lowest BCUT2D eigenvalue weighted by Gasteiger charge is -2.13. The van der Waals surface area contributed by atoms with Gasteiger partial charge in [-0.05, 0) is 31.8 Å². The minimum atomic E-state index is -1.01. The molecule has 0 aliphatic carbocycles. The van der Waals surface area contributed by atoms with Crippen molar-refractivity contribution in [3.8, 4) is 0 Å². The second-order valence-electron chi connectivity index (χ2n) is 4.65. The molecule has 1 rings (SSSR count). The Balaban J connectivity index is 2.67. The number of carboxylic acids is 1. The van der Waals surface area contributed by atoms with Crippen LogP contribution in [-0.2, 0) is 11.2 Å². The molecule has 1 atom stereocenters. The summed E-state index contributed by atoms with van der Waals surface area (Å²) in [6, 6.07) is 0.0496. The first-order valence-electron chi connectivity index (χ1n) is 6.63. The molecule has 2 N–H and O–H groups in total. The zero-order valence-corrected chi connectivity index (χ0v) is 12.9. The van der Waals surface area contributed by atoms with Gasteiger partial charge in [-0.15, -0.1) is 0 Å². The zero-order chi connectivity index (χ0) is 15.1. The van der Waals surface area contributed by atoms with Gasteiger partial charge >= 0.3 is 5.97 Å². The first-order chi connectivity index (χ1) is 9.45. The first-order valence-corrected chi connectivity index (χ1v) is 7.78. The second-order valence-corrected chi connectivity index (χ2v) is 6.04. The van der Waals surface area contributed by atoms with Crippen molar-refractivity contribution in [1.29, 1.82) is 0 Å². The third-order valence-electron chi connectivity index (χ3n) is 2.87. The number of carboxylic acid groups (broad SMARTS) is 1. The van der Waals surface area contributed by atoms with Crippen molar-refractivity contribution in [3.05, 3.63) is 23.2 Å². The van der Waals surface area contributed by atoms with Crippen LogP contribution in [0.2, 0.25) is 0 Å². The molecule has 0 fully saturated rings. The third-order valence-corrected chi connectivity index (χ3v) is 3.80. The maximum absolute atomic E-state index is 12.2. The van der Waals surface area contributed by atoms with Crippen molar-refractivity contribution in [2.24, 2.45) is 0 Å². The minimum Gasteiger partial charge on any atom is -0.481 e. The average molecular weight is 299 g/mol. The van der Waals surface area contributed by atoms with E-state index in [2.05, 4.69) is 12.2 Å². The van der Waals surface area contributed by atoms with Crippen molar-refractivity contribution in [1.82, 2.24) is 5.32 Å². The number of furan rings is 1. The number of thioether (sulfide) groups is 1. The molecule has 112 valence electrons. The van der Waals surface area contributed by atoms with Gasteiger partial charge in [0.15, 0.2) is 0 Å². The molecule has 0 aliphatic heterocycles. The summed E-state index contributed by atoms with van der Waals surface area (Å²) >= 11 is 1.83. The van der Waals surface area contributed by atoms with Crippen LogP contribution in [-0.4, -0.2) is 34.5 Å². The predicted octanol–water partition coefficient (Wildman–Crippen LogP) is 2.48. The molecule has 0 aliphatic rings. The van der Waals surface area contributed by atoms with Crippen molar-refractivity contribution < 1.29 is 19.1 Å². The molecule has 0 saturated heterocycles. The summed E-state index contributed by atoms with van der Waals surface area (Å²) in [5.41, 5.74) is 1.01. The SMILES string of the molecule is CCSCCC(C)NC(=O)c1c(C)coc1CC(=O)O. The molecule has 1 unspecified atom stereocenters. The van der Waals surface area contributed by atoms with Gasteiger partial charge in [0, 0.05) is 11.6 Å². The van der Waals surface area contributed by atoms with Gasteiger partial charge < -0.3 is 14.8 Å². The fourth-order valence-electron chi connectivity index (χ4n) is 1.84. The van der Waals surface area contributed by atoms with E-state index < -0.39 is 5.97 Å². The van der Waals surface area contributed by atoms with Crippen LogP contribution in [0.15, 0.2) is 10.7 Å². The van der Waals surface area contributed by atoms with Gasteiger partial charge in [-0.1, -0.05) is 6.92 Å². The Morgan fingerprint density at radius 1 is 1.50 bits per heavy atom. The third kappa shape index (κ3) is 4.92. The number of hydrogen-bond donors (Lipinski definition) is 2. The molecule has 5 nitrogen and oxygen atoms in total. The quantitative estimate of drug-likeness (QED) is 0.721. The predicted molar refractivity (Wildman–Crippen MR) is 79.3 cm³/mol. The standard InChI is InChI=1S/C14H21NO4S/c1-4-20-6-5-10(3)15-14(18)13-9(2)8-19-11(13)7-12(16)17/h8,10H,4-7H2,1-3H3,(H,15,18)(H,16,17). The molecule has 1 aromatic heterocycles. The Kier molecular flexibility index (Phi) is 6.64. The molecule has 20 heavy (non-hydrogen) atoms. The summed E-state index contributed by atoms with van der Waals surface area (Å²) < 4.78 is 5.16. The van der Waals surface area contributed by atoms with Crippen LogP contribution in [0.1, 0.15) is 41.9 Å². The molecule has 0 spiro atoms. The van der Waals surface area contributed by atoms with E-state index >= 15 is 0 Å². The monoisotopic (exact) mass is 299 g/mol. The topological polar surface area (TPSA) is 79.5 Å². The normalized spacial score (nSPS) is 12.2. The number of aryl methyl sites for hydroxylation is 1. The highest BCUT2D eigenvalue weighted by Gasteiger charge is 2.21. The molecule has 1 amide bonds. The number of amides is 1. The maximum Gasteiger partial charge on any atom is 0.311 e. The molecule has 1 heterocycles. The Morgan fingerprint density at radius 2 is 2.20 bits per heavy atom. The smallest absolute Gasteiger partial charge is 0.311 e. The van der Waals surface area contributed by atoms with Gasteiger partial charge in [0.2, 0.25) is 0 Å². The van der Waals surface area contributed by atoms with Gasteiger partial charge in [0.25, 0.3) is 5.91 Å². The number of nitrogens with one attached hydrogen (secondary N) is 1. The number of carbonyl (C=O) groups excluding carboxylic acids is 1. The van der Waals surface area contributed by atoms with Gasteiger partial charge in [-0.3, -0.25) is 9.59 Å². The highest BCUT2D eigenvalue weighted by Crippen LogP contribution is 2.18. The first kappa shape index (κ1) is 16.6. The van der Waals surface area contributed by atoms with Crippen LogP contribution in [0.3, 0.4) is 0 Å². The number of hydrogen-bond acceptors (Lipinski definition) is 4. The molecule has 0 bridgehead atoms. The van der Waals surface area contributed by atoms with E-state index in [1.807, 2.05) is 18.7 Å². The van der Waals surface area contributed by atoms with Gasteiger partial charge in [0.1, 0.15) is 12.2 Å². The largest absolute Gasteiger partial charge is 0.481 e. The molecule has 0 aromatic carbocycles. The van der Waals surface area contributed by atoms with Gasteiger partial charge in [-0.25, -0.2) is 0 Å². The Labute approximate surface area is 123 Å². The van der Waals surface area contributed by atoms with Crippen molar-refractivity contribution in [2.45, 2.75) is 39.7 Å². The summed E-state index contributed by atoms with van der Waals surface area (Å²) in [5.74, 6) is 0.985. The minimum absolute atomic E-state index is 0.0496. The van der Waals surface area contributed by atoms with E-state index in [4.69, 9.17) is 9.52 Å².